The van der Waals surface area contributed by atoms with Crippen molar-refractivity contribution in [2.75, 3.05) is 5.73 Å². The highest BCUT2D eigenvalue weighted by molar-refractivity contribution is 7.21. The number of fused-ring (bicyclic) bond motifs is 1. The highest BCUT2D eigenvalue weighted by atomic mass is 32.1. The lowest BCUT2D eigenvalue weighted by molar-refractivity contribution is 0.0945. The summed E-state index contributed by atoms with van der Waals surface area (Å²) in [5, 5.41) is 3.60. The Hall–Kier alpha value is -1.95. The minimum Gasteiger partial charge on any atom is -0.397 e. The van der Waals surface area contributed by atoms with E-state index in [0.29, 0.717) is 10.6 Å². The molecule has 1 atom stereocenters. The fourth-order valence-electron chi connectivity index (χ4n) is 1.63. The minimum atomic E-state index is -0.176. The first-order chi connectivity index (χ1) is 8.63. The van der Waals surface area contributed by atoms with Gasteiger partial charge in [0.1, 0.15) is 16.0 Å². The van der Waals surface area contributed by atoms with Gasteiger partial charge in [-0.05, 0) is 13.3 Å². The molecule has 3 N–H and O–H groups in total. The van der Waals surface area contributed by atoms with Gasteiger partial charge in [0.2, 0.25) is 0 Å². The van der Waals surface area contributed by atoms with Crippen LogP contribution in [-0.4, -0.2) is 21.9 Å². The number of anilines is 1. The Bertz CT molecular complexity index is 593. The van der Waals surface area contributed by atoms with E-state index in [1.165, 1.54) is 17.7 Å². The molecule has 0 aliphatic carbocycles. The number of nitrogens with zero attached hydrogens (tertiary/aromatic N) is 2. The third-order valence-electron chi connectivity index (χ3n) is 2.51. The zero-order valence-corrected chi connectivity index (χ0v) is 10.8. The standard InChI is InChI=1S/C12H14N4OS/c1-3-4-7(2)16-11(17)10-9(13)8-5-14-6-15-12(8)18-10/h3,5-7H,1,4,13H2,2H3,(H,16,17). The molecule has 5 nitrogen and oxygen atoms in total. The van der Waals surface area contributed by atoms with Crippen molar-refractivity contribution in [2.45, 2.75) is 19.4 Å². The molecule has 0 bridgehead atoms. The molecule has 6 heteroatoms. The van der Waals surface area contributed by atoms with Gasteiger partial charge >= 0.3 is 0 Å². The lowest BCUT2D eigenvalue weighted by Crippen LogP contribution is -2.31. The third-order valence-corrected chi connectivity index (χ3v) is 3.64. The molecule has 2 heterocycles. The molecule has 94 valence electrons. The smallest absolute Gasteiger partial charge is 0.263 e. The molecule has 2 aromatic rings. The summed E-state index contributed by atoms with van der Waals surface area (Å²) in [6, 6.07) is 0.0331. The predicted octanol–water partition coefficient (Wildman–Crippen LogP) is 1.97. The number of hydrogen-bond acceptors (Lipinski definition) is 5. The first-order valence-electron chi connectivity index (χ1n) is 5.53. The van der Waals surface area contributed by atoms with E-state index in [1.54, 1.807) is 12.3 Å². The normalized spacial score (nSPS) is 12.3. The van der Waals surface area contributed by atoms with E-state index in [4.69, 9.17) is 5.73 Å². The molecule has 2 rings (SSSR count). The summed E-state index contributed by atoms with van der Waals surface area (Å²) >= 11 is 1.28. The molecular formula is C12H14N4OS. The first-order valence-corrected chi connectivity index (χ1v) is 6.35. The number of thiophene rings is 1. The zero-order valence-electron chi connectivity index (χ0n) is 10.0. The fraction of sp³-hybridized carbons (Fsp3) is 0.250. The van der Waals surface area contributed by atoms with Gasteiger partial charge < -0.3 is 11.1 Å². The number of nitrogen functional groups attached to an aromatic ring is 1. The van der Waals surface area contributed by atoms with Crippen LogP contribution in [0, 0.1) is 0 Å². The molecule has 18 heavy (non-hydrogen) atoms. The van der Waals surface area contributed by atoms with Crippen LogP contribution in [0.25, 0.3) is 10.2 Å². The highest BCUT2D eigenvalue weighted by Crippen LogP contribution is 2.31. The second-order valence-corrected chi connectivity index (χ2v) is 4.98. The first kappa shape index (κ1) is 12.5. The molecule has 0 saturated heterocycles. The largest absolute Gasteiger partial charge is 0.397 e. The number of nitrogens with one attached hydrogen (secondary N) is 1. The summed E-state index contributed by atoms with van der Waals surface area (Å²) in [6.45, 7) is 5.56. The van der Waals surface area contributed by atoms with Crippen molar-refractivity contribution in [2.24, 2.45) is 0 Å². The molecule has 1 amide bonds. The average molecular weight is 262 g/mol. The van der Waals surface area contributed by atoms with Crippen molar-refractivity contribution >= 4 is 33.1 Å². The summed E-state index contributed by atoms with van der Waals surface area (Å²) in [5.74, 6) is -0.176. The van der Waals surface area contributed by atoms with Gasteiger partial charge in [0, 0.05) is 12.2 Å². The minimum absolute atomic E-state index is 0.0331. The molecule has 0 radical (unpaired) electrons. The molecule has 2 aromatic heterocycles. The quantitative estimate of drug-likeness (QED) is 0.825. The monoisotopic (exact) mass is 262 g/mol. The van der Waals surface area contributed by atoms with Gasteiger partial charge in [-0.1, -0.05) is 6.08 Å². The summed E-state index contributed by atoms with van der Waals surface area (Å²) in [7, 11) is 0. The second kappa shape index (κ2) is 5.14. The van der Waals surface area contributed by atoms with Crippen molar-refractivity contribution in [3.05, 3.63) is 30.1 Å². The van der Waals surface area contributed by atoms with Gasteiger partial charge in [0.25, 0.3) is 5.91 Å². The van der Waals surface area contributed by atoms with Crippen molar-refractivity contribution < 1.29 is 4.79 Å². The average Bonchev–Trinajstić information content (AvgIpc) is 2.68. The molecule has 0 aromatic carbocycles. The topological polar surface area (TPSA) is 80.9 Å². The molecular weight excluding hydrogens is 248 g/mol. The summed E-state index contributed by atoms with van der Waals surface area (Å²) in [4.78, 5) is 21.3. The Balaban J connectivity index is 2.28. The van der Waals surface area contributed by atoms with E-state index in [-0.39, 0.29) is 11.9 Å². The lowest BCUT2D eigenvalue weighted by atomic mass is 10.2. The molecule has 0 fully saturated rings. The van der Waals surface area contributed by atoms with Crippen LogP contribution in [0.1, 0.15) is 23.0 Å². The van der Waals surface area contributed by atoms with Crippen LogP contribution in [0.5, 0.6) is 0 Å². The summed E-state index contributed by atoms with van der Waals surface area (Å²) < 4.78 is 0. The van der Waals surface area contributed by atoms with Crippen LogP contribution < -0.4 is 11.1 Å². The molecule has 0 saturated carbocycles. The van der Waals surface area contributed by atoms with E-state index in [0.717, 1.165) is 16.6 Å². The van der Waals surface area contributed by atoms with Gasteiger partial charge in [-0.25, -0.2) is 9.97 Å². The van der Waals surface area contributed by atoms with Crippen LogP contribution in [-0.2, 0) is 0 Å². The number of nitrogens with two attached hydrogens (primary N) is 1. The maximum atomic E-state index is 12.1. The van der Waals surface area contributed by atoms with Gasteiger partial charge in [-0.3, -0.25) is 4.79 Å². The fourth-order valence-corrected chi connectivity index (χ4v) is 2.56. The van der Waals surface area contributed by atoms with Gasteiger partial charge in [0.05, 0.1) is 11.1 Å². The Labute approximate surface area is 109 Å². The zero-order chi connectivity index (χ0) is 13.1. The molecule has 0 aliphatic heterocycles. The maximum Gasteiger partial charge on any atom is 0.263 e. The maximum absolute atomic E-state index is 12.1. The number of amides is 1. The third kappa shape index (κ3) is 2.33. The predicted molar refractivity (Wildman–Crippen MR) is 73.6 cm³/mol. The van der Waals surface area contributed by atoms with Crippen LogP contribution >= 0.6 is 11.3 Å². The molecule has 0 spiro atoms. The number of aromatic nitrogens is 2. The Morgan fingerprint density at radius 3 is 3.17 bits per heavy atom. The SMILES string of the molecule is C=CCC(C)NC(=O)c1sc2ncncc2c1N. The second-order valence-electron chi connectivity index (χ2n) is 3.99. The Morgan fingerprint density at radius 1 is 1.72 bits per heavy atom. The number of carbonyl (C=O) groups excluding carboxylic acids is 1. The van der Waals surface area contributed by atoms with E-state index >= 15 is 0 Å². The van der Waals surface area contributed by atoms with Crippen LogP contribution in [0.2, 0.25) is 0 Å². The van der Waals surface area contributed by atoms with E-state index in [2.05, 4.69) is 21.9 Å². The van der Waals surface area contributed by atoms with Crippen LogP contribution in [0.3, 0.4) is 0 Å². The van der Waals surface area contributed by atoms with E-state index in [9.17, 15) is 4.79 Å². The molecule has 1 unspecified atom stereocenters. The number of rotatable bonds is 4. The van der Waals surface area contributed by atoms with E-state index < -0.39 is 0 Å². The number of hydrogen-bond donors (Lipinski definition) is 2. The van der Waals surface area contributed by atoms with Gasteiger partial charge in [-0.2, -0.15) is 0 Å². The molecule has 0 aliphatic rings. The van der Waals surface area contributed by atoms with Crippen molar-refractivity contribution in [1.82, 2.24) is 15.3 Å². The summed E-state index contributed by atoms with van der Waals surface area (Å²) in [6.07, 6.45) is 5.56. The Morgan fingerprint density at radius 2 is 2.50 bits per heavy atom. The summed E-state index contributed by atoms with van der Waals surface area (Å²) in [5.41, 5.74) is 6.38. The van der Waals surface area contributed by atoms with Crippen molar-refractivity contribution in [3.8, 4) is 0 Å². The van der Waals surface area contributed by atoms with Gasteiger partial charge in [0.15, 0.2) is 0 Å². The Kier molecular flexibility index (Phi) is 3.57. The van der Waals surface area contributed by atoms with Crippen molar-refractivity contribution in [1.29, 1.82) is 0 Å². The number of carbonyl (C=O) groups is 1. The van der Waals surface area contributed by atoms with Crippen LogP contribution in [0.15, 0.2) is 25.2 Å². The highest BCUT2D eigenvalue weighted by Gasteiger charge is 2.18. The van der Waals surface area contributed by atoms with E-state index in [1.807, 2.05) is 6.92 Å². The van der Waals surface area contributed by atoms with Crippen molar-refractivity contribution in [3.63, 3.8) is 0 Å². The lowest BCUT2D eigenvalue weighted by Gasteiger charge is -2.10. The van der Waals surface area contributed by atoms with Crippen LogP contribution in [0.4, 0.5) is 5.69 Å². The van der Waals surface area contributed by atoms with Gasteiger partial charge in [-0.15, -0.1) is 17.9 Å².